The molecule has 1 rings (SSSR count). The minimum absolute atomic E-state index is 0.0312. The van der Waals surface area contributed by atoms with Crippen LogP contribution < -0.4 is 14.6 Å². The highest BCUT2D eigenvalue weighted by Gasteiger charge is 2.00. The van der Waals surface area contributed by atoms with Crippen molar-refractivity contribution in [2.45, 2.75) is 0 Å². The van der Waals surface area contributed by atoms with E-state index in [2.05, 4.69) is 9.47 Å². The highest BCUT2D eigenvalue weighted by atomic mass is 16.7. The Labute approximate surface area is 78.3 Å². The van der Waals surface area contributed by atoms with E-state index in [4.69, 9.17) is 5.11 Å². The largest absolute Gasteiger partial charge is 0.514 e. The van der Waals surface area contributed by atoms with Crippen LogP contribution in [0.2, 0.25) is 0 Å². The van der Waals surface area contributed by atoms with Crippen molar-refractivity contribution >= 4 is 12.3 Å². The van der Waals surface area contributed by atoms with Crippen molar-refractivity contribution in [3.63, 3.8) is 0 Å². The van der Waals surface area contributed by atoms with Crippen LogP contribution in [0.15, 0.2) is 24.3 Å². The number of ether oxygens (including phenoxy) is 2. The topological polar surface area (TPSA) is 95.9 Å². The minimum Gasteiger partial charge on any atom is -0.514 e. The molecule has 74 valence electrons. The lowest BCUT2D eigenvalue weighted by Gasteiger charge is -2.08. The number of rotatable bonds is 2. The van der Waals surface area contributed by atoms with E-state index in [0.717, 1.165) is 6.07 Å². The highest BCUT2D eigenvalue weighted by Crippen LogP contribution is 2.19. The van der Waals surface area contributed by atoms with Crippen LogP contribution in [0.3, 0.4) is 0 Å². The molecule has 6 nitrogen and oxygen atoms in total. The third-order valence-corrected chi connectivity index (χ3v) is 1.21. The van der Waals surface area contributed by atoms with Crippen LogP contribution in [0.25, 0.3) is 0 Å². The van der Waals surface area contributed by atoms with Gasteiger partial charge in [0.2, 0.25) is 0 Å². The molecule has 0 aliphatic carbocycles. The Hall–Kier alpha value is -2.24. The molecular weight excluding hydrogens is 192 g/mol. The predicted octanol–water partition coefficient (Wildman–Crippen LogP) is 0.465. The van der Waals surface area contributed by atoms with E-state index in [9.17, 15) is 14.7 Å². The summed E-state index contributed by atoms with van der Waals surface area (Å²) in [5.74, 6) is -0.0972. The molecule has 0 saturated carbocycles. The van der Waals surface area contributed by atoms with Crippen molar-refractivity contribution in [1.29, 1.82) is 0 Å². The van der Waals surface area contributed by atoms with Gasteiger partial charge < -0.3 is 24.5 Å². The summed E-state index contributed by atoms with van der Waals surface area (Å²) < 4.78 is 8.43. The molecule has 1 N–H and O–H groups in total. The minimum atomic E-state index is -1.72. The number of hydrogen-bond acceptors (Lipinski definition) is 5. The fourth-order valence-electron chi connectivity index (χ4n) is 0.798. The Kier molecular flexibility index (Phi) is 2.90. The van der Waals surface area contributed by atoms with Gasteiger partial charge >= 0.3 is 6.16 Å². The van der Waals surface area contributed by atoms with Gasteiger partial charge in [-0.3, -0.25) is 0 Å². The average Bonchev–Trinajstić information content (AvgIpc) is 2.01. The van der Waals surface area contributed by atoms with Gasteiger partial charge in [-0.1, -0.05) is 6.07 Å². The molecule has 0 unspecified atom stereocenters. The number of carbonyl (C=O) groups is 2. The van der Waals surface area contributed by atoms with Crippen LogP contribution in [0, 0.1) is 0 Å². The fraction of sp³-hybridized carbons (Fsp3) is 0. The maximum Gasteiger partial charge on any atom is 0.511 e. The molecule has 1 aromatic rings. The maximum absolute atomic E-state index is 10.1. The average molecular weight is 197 g/mol. The molecular formula is C8H5O6-. The molecule has 0 spiro atoms. The maximum atomic E-state index is 10.1. The van der Waals surface area contributed by atoms with Gasteiger partial charge in [-0.2, -0.15) is 0 Å². The molecule has 0 saturated heterocycles. The van der Waals surface area contributed by atoms with Gasteiger partial charge in [0.05, 0.1) is 5.75 Å². The zero-order valence-corrected chi connectivity index (χ0v) is 6.80. The molecule has 0 atom stereocenters. The fourth-order valence-corrected chi connectivity index (χ4v) is 0.798. The summed E-state index contributed by atoms with van der Waals surface area (Å²) in [5, 5.41) is 18.3. The number of carbonyl (C=O) groups excluding carboxylic acids is 1. The number of hydrogen-bond donors (Lipinski definition) is 1. The summed E-state index contributed by atoms with van der Waals surface area (Å²) in [5.41, 5.74) is 0. The summed E-state index contributed by atoms with van der Waals surface area (Å²) in [6, 6.07) is 5.17. The summed E-state index contributed by atoms with van der Waals surface area (Å²) in [7, 11) is 0. The lowest BCUT2D eigenvalue weighted by atomic mass is 10.3. The first-order chi connectivity index (χ1) is 6.58. The van der Waals surface area contributed by atoms with Crippen LogP contribution >= 0.6 is 0 Å². The van der Waals surface area contributed by atoms with Gasteiger partial charge in [0.1, 0.15) is 5.75 Å². The molecule has 14 heavy (non-hydrogen) atoms. The molecule has 0 aromatic heterocycles. The number of benzene rings is 1. The normalized spacial score (nSPS) is 9.14. The van der Waals surface area contributed by atoms with E-state index < -0.39 is 12.3 Å². The van der Waals surface area contributed by atoms with E-state index in [1.165, 1.54) is 18.2 Å². The Morgan fingerprint density at radius 1 is 1.21 bits per heavy atom. The highest BCUT2D eigenvalue weighted by molar-refractivity contribution is 5.62. The van der Waals surface area contributed by atoms with Crippen LogP contribution in [0.4, 0.5) is 9.59 Å². The second-order valence-corrected chi connectivity index (χ2v) is 2.19. The quantitative estimate of drug-likeness (QED) is 0.546. The summed E-state index contributed by atoms with van der Waals surface area (Å²) in [6.07, 6.45) is -3.21. The van der Waals surface area contributed by atoms with E-state index in [-0.39, 0.29) is 11.5 Å². The second kappa shape index (κ2) is 4.13. The van der Waals surface area contributed by atoms with Crippen molar-refractivity contribution in [3.05, 3.63) is 24.3 Å². The van der Waals surface area contributed by atoms with Crippen LogP contribution in [0.5, 0.6) is 11.5 Å². The van der Waals surface area contributed by atoms with E-state index in [0.29, 0.717) is 0 Å². The van der Waals surface area contributed by atoms with Crippen LogP contribution in [-0.4, -0.2) is 17.4 Å². The Balaban J connectivity index is 2.78. The third kappa shape index (κ3) is 3.02. The van der Waals surface area contributed by atoms with Crippen molar-refractivity contribution in [3.8, 4) is 11.5 Å². The van der Waals surface area contributed by atoms with E-state index in [1.807, 2.05) is 0 Å². The zero-order chi connectivity index (χ0) is 10.6. The SMILES string of the molecule is O=C([O-])Oc1cccc(OC(=O)O)c1. The molecule has 1 aromatic carbocycles. The first kappa shape index (κ1) is 9.85. The summed E-state index contributed by atoms with van der Waals surface area (Å²) in [6.45, 7) is 0. The summed E-state index contributed by atoms with van der Waals surface area (Å²) in [4.78, 5) is 20.1. The monoisotopic (exact) mass is 197 g/mol. The van der Waals surface area contributed by atoms with Gasteiger partial charge in [-0.25, -0.2) is 4.79 Å². The van der Waals surface area contributed by atoms with Gasteiger partial charge in [-0.15, -0.1) is 0 Å². The number of carboxylic acid groups (broad SMARTS) is 2. The first-order valence-corrected chi connectivity index (χ1v) is 3.47. The first-order valence-electron chi connectivity index (χ1n) is 3.47. The molecule has 0 fully saturated rings. The van der Waals surface area contributed by atoms with Gasteiger partial charge in [-0.05, 0) is 12.1 Å². The van der Waals surface area contributed by atoms with Crippen molar-refractivity contribution in [1.82, 2.24) is 0 Å². The standard InChI is InChI=1S/C8H6O6/c9-7(10)13-5-2-1-3-6(4-5)14-8(11)12/h1-4H,(H,9,10)(H,11,12)/p-1. The van der Waals surface area contributed by atoms with Crippen LogP contribution in [-0.2, 0) is 0 Å². The smallest absolute Gasteiger partial charge is 0.511 e. The van der Waals surface area contributed by atoms with Crippen LogP contribution in [0.1, 0.15) is 0 Å². The van der Waals surface area contributed by atoms with Gasteiger partial charge in [0.15, 0.2) is 0 Å². The second-order valence-electron chi connectivity index (χ2n) is 2.19. The van der Waals surface area contributed by atoms with E-state index >= 15 is 0 Å². The third-order valence-electron chi connectivity index (χ3n) is 1.21. The summed E-state index contributed by atoms with van der Waals surface area (Å²) >= 11 is 0. The van der Waals surface area contributed by atoms with E-state index in [1.54, 1.807) is 0 Å². The molecule has 0 heterocycles. The van der Waals surface area contributed by atoms with Crippen molar-refractivity contribution in [2.24, 2.45) is 0 Å². The van der Waals surface area contributed by atoms with Crippen molar-refractivity contribution in [2.75, 3.05) is 0 Å². The van der Waals surface area contributed by atoms with Gasteiger partial charge in [0.25, 0.3) is 6.16 Å². The predicted molar refractivity (Wildman–Crippen MR) is 41.1 cm³/mol. The molecule has 0 aliphatic rings. The lowest BCUT2D eigenvalue weighted by Crippen LogP contribution is -2.26. The molecule has 0 amide bonds. The molecule has 0 bridgehead atoms. The Morgan fingerprint density at radius 2 is 1.79 bits per heavy atom. The molecule has 0 radical (unpaired) electrons. The van der Waals surface area contributed by atoms with Crippen molar-refractivity contribution < 1.29 is 29.3 Å². The van der Waals surface area contributed by atoms with Gasteiger partial charge in [0, 0.05) is 6.07 Å². The zero-order valence-electron chi connectivity index (χ0n) is 6.80. The molecule has 6 heteroatoms. The lowest BCUT2D eigenvalue weighted by molar-refractivity contribution is -0.271. The Bertz CT molecular complexity index is 327. The Morgan fingerprint density at radius 3 is 2.29 bits per heavy atom. The molecule has 0 aliphatic heterocycles.